The second-order valence-corrected chi connectivity index (χ2v) is 7.32. The number of hydrogen-bond donors (Lipinski definition) is 1. The predicted octanol–water partition coefficient (Wildman–Crippen LogP) is 1.38. The summed E-state index contributed by atoms with van der Waals surface area (Å²) < 4.78 is 10.8. The van der Waals surface area contributed by atoms with Gasteiger partial charge in [-0.05, 0) is 31.5 Å². The molecule has 1 aromatic carbocycles. The van der Waals surface area contributed by atoms with Crippen LogP contribution in [0.4, 0.5) is 0 Å². The van der Waals surface area contributed by atoms with Crippen LogP contribution in [0, 0.1) is 5.92 Å². The highest BCUT2D eigenvalue weighted by molar-refractivity contribution is 5.88. The third-order valence-electron chi connectivity index (χ3n) is 4.58. The van der Waals surface area contributed by atoms with Gasteiger partial charge in [0.1, 0.15) is 6.04 Å². The Bertz CT molecular complexity index is 627. The summed E-state index contributed by atoms with van der Waals surface area (Å²) >= 11 is 0. The molecule has 0 aliphatic carbocycles. The maximum absolute atomic E-state index is 12.9. The third kappa shape index (κ3) is 6.43. The summed E-state index contributed by atoms with van der Waals surface area (Å²) in [7, 11) is 3.60. The Labute approximate surface area is 161 Å². The van der Waals surface area contributed by atoms with E-state index in [0.29, 0.717) is 36.9 Å². The minimum absolute atomic E-state index is 0.0116. The first-order valence-electron chi connectivity index (χ1n) is 9.43. The molecule has 1 saturated heterocycles. The quantitative estimate of drug-likeness (QED) is 0.741. The van der Waals surface area contributed by atoms with Gasteiger partial charge in [0, 0.05) is 26.2 Å². The Balaban J connectivity index is 1.94. The average molecular weight is 377 g/mol. The number of benzene rings is 1. The van der Waals surface area contributed by atoms with Crippen LogP contribution < -0.4 is 14.8 Å². The number of methoxy groups -OCH3 is 1. The van der Waals surface area contributed by atoms with Gasteiger partial charge in [0.25, 0.3) is 5.91 Å². The van der Waals surface area contributed by atoms with E-state index in [4.69, 9.17) is 9.47 Å². The summed E-state index contributed by atoms with van der Waals surface area (Å²) in [6.45, 7) is 7.01. The van der Waals surface area contributed by atoms with Crippen molar-refractivity contribution >= 4 is 11.8 Å². The zero-order valence-corrected chi connectivity index (χ0v) is 16.7. The van der Waals surface area contributed by atoms with Crippen molar-refractivity contribution in [3.05, 3.63) is 24.3 Å². The van der Waals surface area contributed by atoms with Gasteiger partial charge < -0.3 is 24.6 Å². The Kier molecular flexibility index (Phi) is 7.91. The summed E-state index contributed by atoms with van der Waals surface area (Å²) in [5, 5.41) is 2.85. The molecule has 150 valence electrons. The van der Waals surface area contributed by atoms with E-state index in [-0.39, 0.29) is 18.4 Å². The van der Waals surface area contributed by atoms with E-state index in [9.17, 15) is 9.59 Å². The van der Waals surface area contributed by atoms with Gasteiger partial charge in [0.2, 0.25) is 5.91 Å². The van der Waals surface area contributed by atoms with E-state index in [0.717, 1.165) is 13.1 Å². The topological polar surface area (TPSA) is 71.1 Å². The first-order chi connectivity index (χ1) is 12.9. The molecular weight excluding hydrogens is 346 g/mol. The number of hydrogen-bond acceptors (Lipinski definition) is 5. The van der Waals surface area contributed by atoms with Crippen LogP contribution in [0.3, 0.4) is 0 Å². The zero-order valence-electron chi connectivity index (χ0n) is 16.7. The molecule has 7 nitrogen and oxygen atoms in total. The molecule has 27 heavy (non-hydrogen) atoms. The van der Waals surface area contributed by atoms with Gasteiger partial charge in [-0.2, -0.15) is 0 Å². The summed E-state index contributed by atoms with van der Waals surface area (Å²) in [6, 6.07) is 6.63. The number of likely N-dealkylation sites (N-methyl/N-ethyl adjacent to an activating group) is 1. The van der Waals surface area contributed by atoms with Gasteiger partial charge >= 0.3 is 0 Å². The first kappa shape index (κ1) is 21.0. The highest BCUT2D eigenvalue weighted by Crippen LogP contribution is 2.25. The first-order valence-corrected chi connectivity index (χ1v) is 9.43. The second kappa shape index (κ2) is 10.2. The lowest BCUT2D eigenvalue weighted by Crippen LogP contribution is -2.55. The van der Waals surface area contributed by atoms with Crippen LogP contribution >= 0.6 is 0 Å². The van der Waals surface area contributed by atoms with Crippen molar-refractivity contribution in [3.63, 3.8) is 0 Å². The minimum atomic E-state index is -0.526. The van der Waals surface area contributed by atoms with E-state index in [2.05, 4.69) is 10.2 Å². The average Bonchev–Trinajstić information content (AvgIpc) is 2.65. The molecule has 7 heteroatoms. The van der Waals surface area contributed by atoms with Crippen molar-refractivity contribution in [2.75, 3.05) is 46.9 Å². The Morgan fingerprint density at radius 1 is 1.11 bits per heavy atom. The van der Waals surface area contributed by atoms with Crippen molar-refractivity contribution in [3.8, 4) is 11.5 Å². The Hall–Kier alpha value is -2.28. The normalized spacial score (nSPS) is 16.1. The van der Waals surface area contributed by atoms with Gasteiger partial charge in [-0.3, -0.25) is 9.59 Å². The van der Waals surface area contributed by atoms with Gasteiger partial charge in [0.05, 0.1) is 7.11 Å². The summed E-state index contributed by atoms with van der Waals surface area (Å²) in [4.78, 5) is 29.3. The van der Waals surface area contributed by atoms with Gasteiger partial charge in [-0.15, -0.1) is 0 Å². The highest BCUT2D eigenvalue weighted by atomic mass is 16.5. The fraction of sp³-hybridized carbons (Fsp3) is 0.600. The standard InChI is InChI=1S/C20H31N3O4/c1-15(2)13-16(20(25)23-11-9-22(3)10-12-23)21-19(24)14-27-18-8-6-5-7-17(18)26-4/h5-8,15-16H,9-14H2,1-4H3,(H,21,24)/t16-/m1/s1. The molecule has 1 atom stereocenters. The lowest BCUT2D eigenvalue weighted by Gasteiger charge is -2.35. The smallest absolute Gasteiger partial charge is 0.258 e. The molecule has 0 radical (unpaired) electrons. The number of carbonyl (C=O) groups excluding carboxylic acids is 2. The third-order valence-corrected chi connectivity index (χ3v) is 4.58. The molecule has 0 saturated carbocycles. The lowest BCUT2D eigenvalue weighted by atomic mass is 10.0. The molecule has 1 aliphatic heterocycles. The van der Waals surface area contributed by atoms with Crippen LogP contribution in [-0.2, 0) is 9.59 Å². The van der Waals surface area contributed by atoms with Gasteiger partial charge in [0.15, 0.2) is 18.1 Å². The van der Waals surface area contributed by atoms with E-state index < -0.39 is 6.04 Å². The molecule has 2 amide bonds. The highest BCUT2D eigenvalue weighted by Gasteiger charge is 2.28. The predicted molar refractivity (Wildman–Crippen MR) is 104 cm³/mol. The molecule has 0 bridgehead atoms. The molecule has 1 aliphatic rings. The van der Waals surface area contributed by atoms with Gasteiger partial charge in [-0.25, -0.2) is 0 Å². The monoisotopic (exact) mass is 377 g/mol. The van der Waals surface area contributed by atoms with E-state index >= 15 is 0 Å². The van der Waals surface area contributed by atoms with Crippen LogP contribution in [0.15, 0.2) is 24.3 Å². The fourth-order valence-electron chi connectivity index (χ4n) is 3.06. The van der Waals surface area contributed by atoms with E-state index in [1.54, 1.807) is 19.2 Å². The molecule has 0 unspecified atom stereocenters. The van der Waals surface area contributed by atoms with Crippen LogP contribution in [0.5, 0.6) is 11.5 Å². The number of para-hydroxylation sites is 2. The molecule has 0 spiro atoms. The van der Waals surface area contributed by atoms with Crippen molar-refractivity contribution in [1.29, 1.82) is 0 Å². The maximum atomic E-state index is 12.9. The van der Waals surface area contributed by atoms with Gasteiger partial charge in [-0.1, -0.05) is 26.0 Å². The molecule has 0 aromatic heterocycles. The molecular formula is C20H31N3O4. The number of carbonyl (C=O) groups is 2. The van der Waals surface area contributed by atoms with Crippen LogP contribution in [0.1, 0.15) is 20.3 Å². The van der Waals surface area contributed by atoms with E-state index in [1.165, 1.54) is 0 Å². The Morgan fingerprint density at radius 3 is 2.33 bits per heavy atom. The second-order valence-electron chi connectivity index (χ2n) is 7.32. The number of nitrogens with one attached hydrogen (secondary N) is 1. The molecule has 1 aromatic rings. The lowest BCUT2D eigenvalue weighted by molar-refractivity contribution is -0.138. The Morgan fingerprint density at radius 2 is 1.74 bits per heavy atom. The molecule has 1 N–H and O–H groups in total. The SMILES string of the molecule is COc1ccccc1OCC(=O)N[C@H](CC(C)C)C(=O)N1CCN(C)CC1. The fourth-order valence-corrected chi connectivity index (χ4v) is 3.06. The van der Waals surface area contributed by atoms with Crippen LogP contribution in [0.2, 0.25) is 0 Å². The number of ether oxygens (including phenoxy) is 2. The number of rotatable bonds is 8. The summed E-state index contributed by atoms with van der Waals surface area (Å²) in [5.74, 6) is 1.04. The summed E-state index contributed by atoms with van der Waals surface area (Å²) in [5.41, 5.74) is 0. The summed E-state index contributed by atoms with van der Waals surface area (Å²) in [6.07, 6.45) is 0.603. The van der Waals surface area contributed by atoms with Crippen molar-refractivity contribution < 1.29 is 19.1 Å². The number of nitrogens with zero attached hydrogens (tertiary/aromatic N) is 2. The van der Waals surface area contributed by atoms with E-state index in [1.807, 2.05) is 37.9 Å². The molecule has 1 fully saturated rings. The zero-order chi connectivity index (χ0) is 19.8. The van der Waals surface area contributed by atoms with Crippen molar-refractivity contribution in [1.82, 2.24) is 15.1 Å². The minimum Gasteiger partial charge on any atom is -0.493 e. The largest absolute Gasteiger partial charge is 0.493 e. The van der Waals surface area contributed by atoms with Crippen molar-refractivity contribution in [2.24, 2.45) is 5.92 Å². The number of piperazine rings is 1. The van der Waals surface area contributed by atoms with Crippen molar-refractivity contribution in [2.45, 2.75) is 26.3 Å². The maximum Gasteiger partial charge on any atom is 0.258 e. The molecule has 2 rings (SSSR count). The van der Waals surface area contributed by atoms with Crippen LogP contribution in [0.25, 0.3) is 0 Å². The molecule has 1 heterocycles. The number of amides is 2. The van der Waals surface area contributed by atoms with Crippen LogP contribution in [-0.4, -0.2) is 74.6 Å².